The fourth-order valence-electron chi connectivity index (χ4n) is 3.16. The van der Waals surface area contributed by atoms with Crippen LogP contribution in [-0.2, 0) is 14.3 Å². The van der Waals surface area contributed by atoms with E-state index >= 15 is 0 Å². The first-order valence-corrected chi connectivity index (χ1v) is 8.14. The van der Waals surface area contributed by atoms with Crippen molar-refractivity contribution < 1.29 is 24.2 Å². The monoisotopic (exact) mass is 327 g/mol. The number of ether oxygens (including phenoxy) is 1. The molecule has 1 heterocycles. The van der Waals surface area contributed by atoms with Gasteiger partial charge in [0.15, 0.2) is 0 Å². The predicted octanol–water partition coefficient (Wildman–Crippen LogP) is 0.368. The number of carboxylic acids is 1. The van der Waals surface area contributed by atoms with Crippen LogP contribution in [0.15, 0.2) is 0 Å². The third-order valence-electron chi connectivity index (χ3n) is 4.35. The molecule has 2 rings (SSSR count). The summed E-state index contributed by atoms with van der Waals surface area (Å²) < 4.78 is 5.21. The van der Waals surface area contributed by atoms with Gasteiger partial charge in [-0.1, -0.05) is 19.3 Å². The minimum Gasteiger partial charge on any atom is -0.481 e. The second-order valence-corrected chi connectivity index (χ2v) is 6.36. The number of nitrogens with one attached hydrogen (secondary N) is 3. The maximum absolute atomic E-state index is 12.0. The minimum absolute atomic E-state index is 0.174. The molecule has 0 aromatic heterocycles. The lowest BCUT2D eigenvalue weighted by atomic mass is 9.94. The first kappa shape index (κ1) is 17.5. The highest BCUT2D eigenvalue weighted by Gasteiger charge is 2.38. The summed E-state index contributed by atoms with van der Waals surface area (Å²) in [5.74, 6) is -1.39. The third-order valence-corrected chi connectivity index (χ3v) is 4.35. The van der Waals surface area contributed by atoms with Crippen molar-refractivity contribution in [3.63, 3.8) is 0 Å². The second kappa shape index (κ2) is 8.14. The van der Waals surface area contributed by atoms with E-state index < -0.39 is 17.4 Å². The van der Waals surface area contributed by atoms with Crippen LogP contribution in [-0.4, -0.2) is 54.4 Å². The summed E-state index contributed by atoms with van der Waals surface area (Å²) in [5.41, 5.74) is -0.871. The van der Waals surface area contributed by atoms with Crippen LogP contribution in [0, 0.1) is 0 Å². The molecule has 1 atom stereocenters. The van der Waals surface area contributed by atoms with Crippen LogP contribution < -0.4 is 16.0 Å². The zero-order valence-corrected chi connectivity index (χ0v) is 13.2. The summed E-state index contributed by atoms with van der Waals surface area (Å²) in [7, 11) is 0. The molecule has 23 heavy (non-hydrogen) atoms. The molecule has 1 unspecified atom stereocenters. The van der Waals surface area contributed by atoms with Crippen LogP contribution in [0.2, 0.25) is 0 Å². The Balaban J connectivity index is 1.72. The van der Waals surface area contributed by atoms with E-state index in [1.54, 1.807) is 0 Å². The van der Waals surface area contributed by atoms with Crippen LogP contribution in [0.25, 0.3) is 0 Å². The second-order valence-electron chi connectivity index (χ2n) is 6.36. The zero-order chi connectivity index (χ0) is 16.7. The van der Waals surface area contributed by atoms with E-state index in [0.29, 0.717) is 13.0 Å². The Morgan fingerprint density at radius 3 is 2.52 bits per heavy atom. The molecule has 0 radical (unpaired) electrons. The van der Waals surface area contributed by atoms with Gasteiger partial charge in [0.1, 0.15) is 0 Å². The average molecular weight is 327 g/mol. The van der Waals surface area contributed by atoms with Gasteiger partial charge in [0.2, 0.25) is 5.91 Å². The Morgan fingerprint density at radius 1 is 1.17 bits per heavy atom. The van der Waals surface area contributed by atoms with Crippen LogP contribution >= 0.6 is 0 Å². The van der Waals surface area contributed by atoms with Gasteiger partial charge in [0, 0.05) is 12.6 Å². The van der Waals surface area contributed by atoms with Crippen LogP contribution in [0.4, 0.5) is 4.79 Å². The number of carbonyl (C=O) groups is 3. The van der Waals surface area contributed by atoms with Gasteiger partial charge in [-0.25, -0.2) is 4.79 Å². The van der Waals surface area contributed by atoms with Gasteiger partial charge in [-0.05, 0) is 19.3 Å². The summed E-state index contributed by atoms with van der Waals surface area (Å²) in [6, 6.07) is -0.185. The number of amides is 3. The lowest BCUT2D eigenvalue weighted by molar-refractivity contribution is -0.139. The highest BCUT2D eigenvalue weighted by Crippen LogP contribution is 2.22. The maximum Gasteiger partial charge on any atom is 0.315 e. The summed E-state index contributed by atoms with van der Waals surface area (Å²) >= 11 is 0. The summed E-state index contributed by atoms with van der Waals surface area (Å²) in [5, 5.41) is 17.0. The quantitative estimate of drug-likeness (QED) is 0.562. The lowest BCUT2D eigenvalue weighted by Gasteiger charge is -2.27. The van der Waals surface area contributed by atoms with Gasteiger partial charge in [-0.15, -0.1) is 0 Å². The third kappa shape index (κ3) is 5.70. The Hall–Kier alpha value is -1.83. The Kier molecular flexibility index (Phi) is 6.20. The molecule has 0 aromatic carbocycles. The van der Waals surface area contributed by atoms with Gasteiger partial charge in [0.05, 0.1) is 25.1 Å². The van der Waals surface area contributed by atoms with Crippen LogP contribution in [0.1, 0.15) is 44.9 Å². The number of aliphatic carboxylic acids is 1. The van der Waals surface area contributed by atoms with E-state index in [2.05, 4.69) is 16.0 Å². The molecular formula is C15H25N3O5. The molecule has 0 aromatic rings. The molecule has 1 saturated carbocycles. The molecule has 1 saturated heterocycles. The van der Waals surface area contributed by atoms with Gasteiger partial charge < -0.3 is 25.8 Å². The highest BCUT2D eigenvalue weighted by atomic mass is 16.5. The van der Waals surface area contributed by atoms with E-state index in [9.17, 15) is 14.4 Å². The predicted molar refractivity (Wildman–Crippen MR) is 82.0 cm³/mol. The zero-order valence-electron chi connectivity index (χ0n) is 13.2. The lowest BCUT2D eigenvalue weighted by Crippen LogP contribution is -2.54. The summed E-state index contributed by atoms with van der Waals surface area (Å²) in [6.07, 6.45) is 5.64. The summed E-state index contributed by atoms with van der Waals surface area (Å²) in [4.78, 5) is 34.7. The largest absolute Gasteiger partial charge is 0.481 e. The summed E-state index contributed by atoms with van der Waals surface area (Å²) in [6.45, 7) is 0.419. The number of hydrogen-bond acceptors (Lipinski definition) is 4. The number of carboxylic acid groups (broad SMARTS) is 1. The van der Waals surface area contributed by atoms with Crippen molar-refractivity contribution in [2.45, 2.75) is 56.5 Å². The normalized spacial score (nSPS) is 24.9. The molecule has 8 heteroatoms. The SMILES string of the molecule is O=C(O)CC1(NC(=O)CNC(=O)NC2CCCCC2)CCOC1. The smallest absolute Gasteiger partial charge is 0.315 e. The van der Waals surface area contributed by atoms with Crippen molar-refractivity contribution >= 4 is 17.9 Å². The number of urea groups is 1. The maximum atomic E-state index is 12.0. The molecule has 2 fully saturated rings. The molecule has 2 aliphatic rings. The minimum atomic E-state index is -0.987. The van der Waals surface area contributed by atoms with E-state index in [1.807, 2.05) is 0 Å². The molecule has 3 amide bonds. The van der Waals surface area contributed by atoms with Crippen LogP contribution in [0.3, 0.4) is 0 Å². The van der Waals surface area contributed by atoms with E-state index in [4.69, 9.17) is 9.84 Å². The van der Waals surface area contributed by atoms with E-state index in [-0.39, 0.29) is 31.6 Å². The van der Waals surface area contributed by atoms with Gasteiger partial charge in [0.25, 0.3) is 0 Å². The van der Waals surface area contributed by atoms with Gasteiger partial charge >= 0.3 is 12.0 Å². The first-order chi connectivity index (χ1) is 11.0. The number of hydrogen-bond donors (Lipinski definition) is 4. The fourth-order valence-corrected chi connectivity index (χ4v) is 3.16. The van der Waals surface area contributed by atoms with Gasteiger partial charge in [-0.3, -0.25) is 9.59 Å². The van der Waals surface area contributed by atoms with Crippen LogP contribution in [0.5, 0.6) is 0 Å². The Morgan fingerprint density at radius 2 is 1.91 bits per heavy atom. The molecular weight excluding hydrogens is 302 g/mol. The Labute approximate surface area is 135 Å². The van der Waals surface area contributed by atoms with Crippen molar-refractivity contribution in [1.29, 1.82) is 0 Å². The molecule has 0 spiro atoms. The van der Waals surface area contributed by atoms with Crippen molar-refractivity contribution in [2.24, 2.45) is 0 Å². The molecule has 1 aliphatic carbocycles. The molecule has 130 valence electrons. The topological polar surface area (TPSA) is 117 Å². The molecule has 1 aliphatic heterocycles. The molecule has 4 N–H and O–H groups in total. The van der Waals surface area contributed by atoms with Crippen molar-refractivity contribution in [3.05, 3.63) is 0 Å². The highest BCUT2D eigenvalue weighted by molar-refractivity contribution is 5.85. The van der Waals surface area contributed by atoms with E-state index in [0.717, 1.165) is 25.7 Å². The molecule has 0 bridgehead atoms. The van der Waals surface area contributed by atoms with Crippen molar-refractivity contribution in [1.82, 2.24) is 16.0 Å². The van der Waals surface area contributed by atoms with Crippen molar-refractivity contribution in [3.8, 4) is 0 Å². The Bertz CT molecular complexity index is 442. The standard InChI is InChI=1S/C15H25N3O5/c19-12(18-15(8-13(20)21)6-7-23-10-15)9-16-14(22)17-11-4-2-1-3-5-11/h11H,1-10H2,(H,18,19)(H,20,21)(H2,16,17,22). The van der Waals surface area contributed by atoms with E-state index in [1.165, 1.54) is 6.42 Å². The molecule has 8 nitrogen and oxygen atoms in total. The fraction of sp³-hybridized carbons (Fsp3) is 0.800. The van der Waals surface area contributed by atoms with Crippen molar-refractivity contribution in [2.75, 3.05) is 19.8 Å². The number of carbonyl (C=O) groups excluding carboxylic acids is 2. The first-order valence-electron chi connectivity index (χ1n) is 8.14. The average Bonchev–Trinajstić information content (AvgIpc) is 2.93. The van der Waals surface area contributed by atoms with Gasteiger partial charge in [-0.2, -0.15) is 0 Å². The number of rotatable bonds is 6.